The van der Waals surface area contributed by atoms with Gasteiger partial charge in [0, 0.05) is 10.2 Å². The van der Waals surface area contributed by atoms with E-state index in [0.29, 0.717) is 10.1 Å². The molecule has 0 radical (unpaired) electrons. The van der Waals surface area contributed by atoms with Crippen LogP contribution in [0.3, 0.4) is 0 Å². The Labute approximate surface area is 156 Å². The lowest BCUT2D eigenvalue weighted by Gasteiger charge is -2.21. The number of aryl methyl sites for hydroxylation is 2. The fourth-order valence-electron chi connectivity index (χ4n) is 2.30. The van der Waals surface area contributed by atoms with E-state index in [1.807, 2.05) is 18.2 Å². The van der Waals surface area contributed by atoms with Gasteiger partial charge in [0.15, 0.2) is 5.11 Å². The minimum atomic E-state index is 0.181. The fourth-order valence-corrected chi connectivity index (χ4v) is 2.99. The van der Waals surface area contributed by atoms with Gasteiger partial charge in [-0.3, -0.25) is 0 Å². The van der Waals surface area contributed by atoms with Gasteiger partial charge >= 0.3 is 0 Å². The number of rotatable bonds is 4. The number of nitrogens with one attached hydrogen (secondary N) is 2. The molecule has 0 unspecified atom stereocenters. The van der Waals surface area contributed by atoms with Crippen molar-refractivity contribution in [3.8, 4) is 0 Å². The number of hydrogen-bond donors (Lipinski definition) is 2. The highest BCUT2D eigenvalue weighted by Gasteiger charge is 2.12. The van der Waals surface area contributed by atoms with Gasteiger partial charge in [0.25, 0.3) is 0 Å². The second kappa shape index (κ2) is 8.13. The van der Waals surface area contributed by atoms with E-state index in [1.165, 1.54) is 16.7 Å². The van der Waals surface area contributed by atoms with Gasteiger partial charge in [-0.25, -0.2) is 0 Å². The average Bonchev–Trinajstić information content (AvgIpc) is 2.51. The summed E-state index contributed by atoms with van der Waals surface area (Å²) in [5.74, 6) is 0. The summed E-state index contributed by atoms with van der Waals surface area (Å²) in [6.45, 7) is 6.40. The van der Waals surface area contributed by atoms with E-state index in [-0.39, 0.29) is 6.04 Å². The van der Waals surface area contributed by atoms with Crippen LogP contribution in [-0.4, -0.2) is 5.11 Å². The largest absolute Gasteiger partial charge is 0.356 e. The third kappa shape index (κ3) is 4.93. The van der Waals surface area contributed by atoms with Crippen molar-refractivity contribution in [2.24, 2.45) is 0 Å². The zero-order valence-electron chi connectivity index (χ0n) is 13.4. The standard InChI is InChI=1S/C18H20BrClN2S/c1-4-17(13-6-5-11(2)12(3)9-13)22-18(23)21-14-7-8-15(19)16(20)10-14/h5-10,17H,4H2,1-3H3,(H2,21,22,23)/t17-/m1/s1. The number of benzene rings is 2. The number of thiocarbonyl (C=S) groups is 1. The summed E-state index contributed by atoms with van der Waals surface area (Å²) in [7, 11) is 0. The van der Waals surface area contributed by atoms with Crippen LogP contribution in [0.25, 0.3) is 0 Å². The molecule has 5 heteroatoms. The molecule has 23 heavy (non-hydrogen) atoms. The lowest BCUT2D eigenvalue weighted by Crippen LogP contribution is -2.32. The van der Waals surface area contributed by atoms with E-state index >= 15 is 0 Å². The summed E-state index contributed by atoms with van der Waals surface area (Å²) in [4.78, 5) is 0. The van der Waals surface area contributed by atoms with E-state index in [0.717, 1.165) is 16.6 Å². The summed E-state index contributed by atoms with van der Waals surface area (Å²) >= 11 is 14.9. The Bertz CT molecular complexity index is 718. The zero-order chi connectivity index (χ0) is 17.0. The van der Waals surface area contributed by atoms with Gasteiger partial charge < -0.3 is 10.6 Å². The highest BCUT2D eigenvalue weighted by Crippen LogP contribution is 2.26. The lowest BCUT2D eigenvalue weighted by molar-refractivity contribution is 0.628. The Hall–Kier alpha value is -1.10. The molecule has 0 heterocycles. The van der Waals surface area contributed by atoms with Crippen LogP contribution in [0, 0.1) is 13.8 Å². The molecule has 0 aliphatic heterocycles. The lowest BCUT2D eigenvalue weighted by atomic mass is 9.99. The van der Waals surface area contributed by atoms with E-state index in [1.54, 1.807) is 0 Å². The average molecular weight is 412 g/mol. The summed E-state index contributed by atoms with van der Waals surface area (Å²) in [5, 5.41) is 7.81. The third-order valence-electron chi connectivity index (χ3n) is 3.82. The highest BCUT2D eigenvalue weighted by atomic mass is 79.9. The predicted molar refractivity (Wildman–Crippen MR) is 107 cm³/mol. The topological polar surface area (TPSA) is 24.1 Å². The second-order valence-corrected chi connectivity index (χ2v) is 7.20. The maximum atomic E-state index is 6.11. The molecule has 0 saturated carbocycles. The summed E-state index contributed by atoms with van der Waals surface area (Å²) < 4.78 is 0.866. The summed E-state index contributed by atoms with van der Waals surface area (Å²) in [5.41, 5.74) is 4.70. The molecule has 0 aliphatic rings. The summed E-state index contributed by atoms with van der Waals surface area (Å²) in [6, 6.07) is 12.4. The fraction of sp³-hybridized carbons (Fsp3) is 0.278. The molecule has 2 aromatic rings. The molecule has 0 fully saturated rings. The van der Waals surface area contributed by atoms with Gasteiger partial charge in [-0.2, -0.15) is 0 Å². The van der Waals surface area contributed by atoms with Crippen LogP contribution in [0.4, 0.5) is 5.69 Å². The van der Waals surface area contributed by atoms with Crippen molar-refractivity contribution >= 4 is 50.5 Å². The molecule has 1 atom stereocenters. The first-order valence-electron chi connectivity index (χ1n) is 7.50. The van der Waals surface area contributed by atoms with Crippen molar-refractivity contribution in [2.45, 2.75) is 33.2 Å². The monoisotopic (exact) mass is 410 g/mol. The zero-order valence-corrected chi connectivity index (χ0v) is 16.6. The van der Waals surface area contributed by atoms with Crippen LogP contribution < -0.4 is 10.6 Å². The van der Waals surface area contributed by atoms with Crippen molar-refractivity contribution in [3.63, 3.8) is 0 Å². The number of halogens is 2. The normalized spacial score (nSPS) is 11.9. The van der Waals surface area contributed by atoms with Crippen LogP contribution in [0.15, 0.2) is 40.9 Å². The van der Waals surface area contributed by atoms with E-state index in [2.05, 4.69) is 65.5 Å². The maximum Gasteiger partial charge on any atom is 0.171 e. The molecule has 0 amide bonds. The molecule has 0 saturated heterocycles. The molecule has 2 rings (SSSR count). The van der Waals surface area contributed by atoms with Crippen molar-refractivity contribution < 1.29 is 0 Å². The predicted octanol–water partition coefficient (Wildman–Crippen LogP) is 6.16. The first-order valence-corrected chi connectivity index (χ1v) is 9.08. The molecular weight excluding hydrogens is 392 g/mol. The molecule has 2 nitrogen and oxygen atoms in total. The van der Waals surface area contributed by atoms with Crippen molar-refractivity contribution in [1.82, 2.24) is 5.32 Å². The molecule has 2 aromatic carbocycles. The van der Waals surface area contributed by atoms with Crippen molar-refractivity contribution in [3.05, 3.63) is 62.6 Å². The van der Waals surface area contributed by atoms with E-state index in [9.17, 15) is 0 Å². The maximum absolute atomic E-state index is 6.11. The van der Waals surface area contributed by atoms with Gasteiger partial charge in [-0.15, -0.1) is 0 Å². The van der Waals surface area contributed by atoms with Crippen LogP contribution in [-0.2, 0) is 0 Å². The quantitative estimate of drug-likeness (QED) is 0.589. The molecule has 122 valence electrons. The Morgan fingerprint density at radius 3 is 2.52 bits per heavy atom. The molecule has 2 N–H and O–H groups in total. The smallest absolute Gasteiger partial charge is 0.171 e. The minimum Gasteiger partial charge on any atom is -0.356 e. The number of hydrogen-bond acceptors (Lipinski definition) is 1. The first-order chi connectivity index (χ1) is 10.9. The first kappa shape index (κ1) is 18.2. The molecular formula is C18H20BrClN2S. The van der Waals surface area contributed by atoms with Gasteiger partial charge in [0.2, 0.25) is 0 Å². The molecule has 0 spiro atoms. The van der Waals surface area contributed by atoms with Crippen LogP contribution in [0.5, 0.6) is 0 Å². The van der Waals surface area contributed by atoms with Crippen LogP contribution in [0.1, 0.15) is 36.1 Å². The Morgan fingerprint density at radius 2 is 1.91 bits per heavy atom. The molecule has 0 aromatic heterocycles. The van der Waals surface area contributed by atoms with Gasteiger partial charge in [-0.05, 0) is 83.3 Å². The third-order valence-corrected chi connectivity index (χ3v) is 5.28. The van der Waals surface area contributed by atoms with Gasteiger partial charge in [0.05, 0.1) is 11.1 Å². The van der Waals surface area contributed by atoms with E-state index < -0.39 is 0 Å². The SMILES string of the molecule is CC[C@@H](NC(=S)Nc1ccc(Br)c(Cl)c1)c1ccc(C)c(C)c1. The minimum absolute atomic E-state index is 0.181. The van der Waals surface area contributed by atoms with Crippen LogP contribution in [0.2, 0.25) is 5.02 Å². The molecule has 0 aliphatic carbocycles. The second-order valence-electron chi connectivity index (χ2n) is 5.53. The van der Waals surface area contributed by atoms with Gasteiger partial charge in [-0.1, -0.05) is 36.7 Å². The number of anilines is 1. The van der Waals surface area contributed by atoms with Crippen molar-refractivity contribution in [2.75, 3.05) is 5.32 Å². The Balaban J connectivity index is 2.07. The van der Waals surface area contributed by atoms with Crippen molar-refractivity contribution in [1.29, 1.82) is 0 Å². The highest BCUT2D eigenvalue weighted by molar-refractivity contribution is 9.10. The Morgan fingerprint density at radius 1 is 1.17 bits per heavy atom. The van der Waals surface area contributed by atoms with Crippen LogP contribution >= 0.6 is 39.7 Å². The Kier molecular flexibility index (Phi) is 6.45. The van der Waals surface area contributed by atoms with E-state index in [4.69, 9.17) is 23.8 Å². The molecule has 0 bridgehead atoms. The summed E-state index contributed by atoms with van der Waals surface area (Å²) in [6.07, 6.45) is 0.950. The van der Waals surface area contributed by atoms with Gasteiger partial charge in [0.1, 0.15) is 0 Å².